The molecular weight excluding hydrogens is 196 g/mol. The Morgan fingerprint density at radius 1 is 1.38 bits per heavy atom. The van der Waals surface area contributed by atoms with Crippen molar-refractivity contribution in [2.75, 3.05) is 0 Å². The third kappa shape index (κ3) is 3.30. The first-order chi connectivity index (χ1) is 6.24. The summed E-state index contributed by atoms with van der Waals surface area (Å²) in [6, 6.07) is 6.71. The SMILES string of the molecule is ONCc1ccccc1SC(F)F. The number of benzene rings is 1. The van der Waals surface area contributed by atoms with E-state index in [1.54, 1.807) is 24.3 Å². The molecule has 0 bridgehead atoms. The lowest BCUT2D eigenvalue weighted by molar-refractivity contribution is 0.160. The highest BCUT2D eigenvalue weighted by Crippen LogP contribution is 2.28. The molecule has 0 aliphatic rings. The van der Waals surface area contributed by atoms with Gasteiger partial charge >= 0.3 is 0 Å². The first-order valence-corrected chi connectivity index (χ1v) is 4.51. The maximum atomic E-state index is 12.0. The summed E-state index contributed by atoms with van der Waals surface area (Å²) in [6.07, 6.45) is 0. The first-order valence-electron chi connectivity index (χ1n) is 3.63. The Hall–Kier alpha value is -0.650. The van der Waals surface area contributed by atoms with Crippen LogP contribution in [-0.4, -0.2) is 11.0 Å². The molecule has 1 aromatic carbocycles. The molecule has 0 aliphatic carbocycles. The van der Waals surface area contributed by atoms with Crippen molar-refractivity contribution in [1.29, 1.82) is 0 Å². The average molecular weight is 205 g/mol. The number of rotatable bonds is 4. The lowest BCUT2D eigenvalue weighted by atomic mass is 10.2. The summed E-state index contributed by atoms with van der Waals surface area (Å²) in [6.45, 7) is 0.176. The largest absolute Gasteiger partial charge is 0.316 e. The van der Waals surface area contributed by atoms with Crippen molar-refractivity contribution in [2.45, 2.75) is 17.2 Å². The summed E-state index contributed by atoms with van der Waals surface area (Å²) < 4.78 is 24.0. The highest BCUT2D eigenvalue weighted by Gasteiger charge is 2.08. The fraction of sp³-hybridized carbons (Fsp3) is 0.250. The van der Waals surface area contributed by atoms with E-state index in [0.717, 1.165) is 0 Å². The van der Waals surface area contributed by atoms with Gasteiger partial charge in [0.1, 0.15) is 0 Å². The van der Waals surface area contributed by atoms with Gasteiger partial charge in [-0.25, -0.2) is 5.48 Å². The fourth-order valence-corrected chi connectivity index (χ4v) is 1.59. The molecule has 13 heavy (non-hydrogen) atoms. The predicted octanol–water partition coefficient (Wildman–Crippen LogP) is 2.48. The molecule has 5 heteroatoms. The maximum Gasteiger partial charge on any atom is 0.288 e. The van der Waals surface area contributed by atoms with Gasteiger partial charge < -0.3 is 5.21 Å². The minimum Gasteiger partial charge on any atom is -0.316 e. The minimum absolute atomic E-state index is 0.176. The van der Waals surface area contributed by atoms with Gasteiger partial charge in [-0.1, -0.05) is 30.0 Å². The van der Waals surface area contributed by atoms with Crippen LogP contribution in [0.3, 0.4) is 0 Å². The van der Waals surface area contributed by atoms with E-state index in [-0.39, 0.29) is 6.54 Å². The van der Waals surface area contributed by atoms with Crippen LogP contribution in [0.2, 0.25) is 0 Å². The zero-order chi connectivity index (χ0) is 9.68. The van der Waals surface area contributed by atoms with E-state index in [0.29, 0.717) is 22.2 Å². The predicted molar refractivity (Wildman–Crippen MR) is 46.9 cm³/mol. The number of hydrogen-bond acceptors (Lipinski definition) is 3. The van der Waals surface area contributed by atoms with Gasteiger partial charge in [0.25, 0.3) is 5.76 Å². The molecule has 0 heterocycles. The first kappa shape index (κ1) is 10.4. The lowest BCUT2D eigenvalue weighted by Crippen LogP contribution is -2.07. The molecular formula is C8H9F2NOS. The second-order valence-electron chi connectivity index (χ2n) is 2.32. The van der Waals surface area contributed by atoms with Gasteiger partial charge in [0, 0.05) is 11.4 Å². The van der Waals surface area contributed by atoms with Crippen molar-refractivity contribution in [3.8, 4) is 0 Å². The van der Waals surface area contributed by atoms with Gasteiger partial charge in [0.2, 0.25) is 0 Å². The van der Waals surface area contributed by atoms with Crippen molar-refractivity contribution < 1.29 is 14.0 Å². The van der Waals surface area contributed by atoms with Crippen LogP contribution in [-0.2, 0) is 6.54 Å². The van der Waals surface area contributed by atoms with Crippen molar-refractivity contribution in [3.63, 3.8) is 0 Å². The molecule has 72 valence electrons. The number of thioether (sulfide) groups is 1. The van der Waals surface area contributed by atoms with Crippen molar-refractivity contribution in [1.82, 2.24) is 5.48 Å². The molecule has 0 atom stereocenters. The summed E-state index contributed by atoms with van der Waals surface area (Å²) in [5, 5.41) is 8.43. The number of alkyl halides is 2. The van der Waals surface area contributed by atoms with E-state index in [2.05, 4.69) is 0 Å². The highest BCUT2D eigenvalue weighted by molar-refractivity contribution is 7.99. The van der Waals surface area contributed by atoms with E-state index in [1.165, 1.54) is 0 Å². The van der Waals surface area contributed by atoms with Gasteiger partial charge in [-0.15, -0.1) is 0 Å². The average Bonchev–Trinajstić information content (AvgIpc) is 2.08. The minimum atomic E-state index is -2.43. The van der Waals surface area contributed by atoms with Gasteiger partial charge in [-0.2, -0.15) is 8.78 Å². The molecule has 0 saturated carbocycles. The topological polar surface area (TPSA) is 32.3 Å². The molecule has 0 spiro atoms. The van der Waals surface area contributed by atoms with E-state index in [9.17, 15) is 8.78 Å². The van der Waals surface area contributed by atoms with Crippen molar-refractivity contribution in [3.05, 3.63) is 29.8 Å². The molecule has 2 N–H and O–H groups in total. The molecule has 0 aliphatic heterocycles. The number of nitrogens with one attached hydrogen (secondary N) is 1. The Morgan fingerprint density at radius 3 is 2.69 bits per heavy atom. The monoisotopic (exact) mass is 205 g/mol. The summed E-state index contributed by atoms with van der Waals surface area (Å²) in [7, 11) is 0. The van der Waals surface area contributed by atoms with E-state index in [4.69, 9.17) is 5.21 Å². The number of hydroxylamine groups is 1. The Labute approximate surface area is 78.9 Å². The summed E-state index contributed by atoms with van der Waals surface area (Å²) in [4.78, 5) is 0.485. The lowest BCUT2D eigenvalue weighted by Gasteiger charge is -2.06. The summed E-state index contributed by atoms with van der Waals surface area (Å²) in [5.74, 6) is -2.43. The molecule has 0 radical (unpaired) electrons. The third-order valence-electron chi connectivity index (χ3n) is 1.46. The van der Waals surface area contributed by atoms with Crippen LogP contribution in [0, 0.1) is 0 Å². The second-order valence-corrected chi connectivity index (χ2v) is 3.35. The summed E-state index contributed by atoms with van der Waals surface area (Å²) >= 11 is 0.481. The van der Waals surface area contributed by atoms with E-state index in [1.807, 2.05) is 5.48 Å². The van der Waals surface area contributed by atoms with Crippen LogP contribution in [0.1, 0.15) is 5.56 Å². The van der Waals surface area contributed by atoms with Gasteiger partial charge in [-0.05, 0) is 11.6 Å². The molecule has 2 nitrogen and oxygen atoms in total. The zero-order valence-electron chi connectivity index (χ0n) is 6.71. The van der Waals surface area contributed by atoms with E-state index >= 15 is 0 Å². The number of hydrogen-bond donors (Lipinski definition) is 2. The van der Waals surface area contributed by atoms with Crippen LogP contribution in [0.4, 0.5) is 8.78 Å². The van der Waals surface area contributed by atoms with Crippen LogP contribution in [0.15, 0.2) is 29.2 Å². The normalized spacial score (nSPS) is 10.8. The molecule has 0 saturated heterocycles. The standard InChI is InChI=1S/C8H9F2NOS/c9-8(10)13-7-4-2-1-3-6(7)5-11-12/h1-4,8,11-12H,5H2. The van der Waals surface area contributed by atoms with Crippen LogP contribution in [0.25, 0.3) is 0 Å². The quantitative estimate of drug-likeness (QED) is 0.585. The van der Waals surface area contributed by atoms with Crippen molar-refractivity contribution in [2.24, 2.45) is 0 Å². The van der Waals surface area contributed by atoms with Crippen LogP contribution in [0.5, 0.6) is 0 Å². The van der Waals surface area contributed by atoms with Gasteiger partial charge in [0.05, 0.1) is 0 Å². The molecule has 0 unspecified atom stereocenters. The number of halogens is 2. The van der Waals surface area contributed by atoms with E-state index < -0.39 is 5.76 Å². The van der Waals surface area contributed by atoms with Crippen molar-refractivity contribution >= 4 is 11.8 Å². The van der Waals surface area contributed by atoms with Gasteiger partial charge in [-0.3, -0.25) is 0 Å². The molecule has 0 aromatic heterocycles. The Balaban J connectivity index is 2.78. The molecule has 0 fully saturated rings. The maximum absolute atomic E-state index is 12.0. The fourth-order valence-electron chi connectivity index (χ4n) is 0.946. The zero-order valence-corrected chi connectivity index (χ0v) is 7.52. The highest BCUT2D eigenvalue weighted by atomic mass is 32.2. The second kappa shape index (κ2) is 5.16. The molecule has 1 aromatic rings. The molecule has 1 rings (SSSR count). The summed E-state index contributed by atoms with van der Waals surface area (Å²) in [5.41, 5.74) is 2.60. The Kier molecular flexibility index (Phi) is 4.14. The Morgan fingerprint density at radius 2 is 2.08 bits per heavy atom. The third-order valence-corrected chi connectivity index (χ3v) is 2.29. The molecule has 0 amide bonds. The Bertz CT molecular complexity index is 270. The van der Waals surface area contributed by atoms with Crippen LogP contribution >= 0.6 is 11.8 Å². The van der Waals surface area contributed by atoms with Gasteiger partial charge in [0.15, 0.2) is 0 Å². The smallest absolute Gasteiger partial charge is 0.288 e. The van der Waals surface area contributed by atoms with Crippen LogP contribution < -0.4 is 5.48 Å².